The number of rotatable bonds is 3. The molecule has 0 bridgehead atoms. The fraction of sp³-hybridized carbons (Fsp3) is 0.600. The second-order valence-electron chi connectivity index (χ2n) is 5.64. The lowest BCUT2D eigenvalue weighted by atomic mass is 9.97. The fourth-order valence-corrected chi connectivity index (χ4v) is 2.76. The molecule has 3 atom stereocenters. The van der Waals surface area contributed by atoms with Crippen LogP contribution >= 0.6 is 0 Å². The first-order valence-electron chi connectivity index (χ1n) is 6.92. The number of aromatic hydroxyl groups is 1. The summed E-state index contributed by atoms with van der Waals surface area (Å²) >= 11 is 0. The average molecular weight is 266 g/mol. The van der Waals surface area contributed by atoms with E-state index < -0.39 is 0 Å². The Morgan fingerprint density at radius 3 is 2.89 bits per heavy atom. The highest BCUT2D eigenvalue weighted by atomic mass is 19.1. The van der Waals surface area contributed by atoms with Crippen molar-refractivity contribution in [2.75, 3.05) is 13.6 Å². The molecule has 1 aliphatic rings. The molecule has 2 rings (SSSR count). The van der Waals surface area contributed by atoms with Crippen molar-refractivity contribution in [2.24, 2.45) is 0 Å². The van der Waals surface area contributed by atoms with Gasteiger partial charge in [-0.25, -0.2) is 4.39 Å². The van der Waals surface area contributed by atoms with Crippen molar-refractivity contribution in [3.63, 3.8) is 0 Å². The van der Waals surface area contributed by atoms with Gasteiger partial charge < -0.3 is 15.3 Å². The summed E-state index contributed by atoms with van der Waals surface area (Å²) in [5, 5.41) is 13.3. The van der Waals surface area contributed by atoms with Crippen LogP contribution in [0, 0.1) is 5.82 Å². The topological polar surface area (TPSA) is 35.5 Å². The number of phenolic OH excluding ortho intramolecular Hbond substituents is 1. The van der Waals surface area contributed by atoms with Crippen LogP contribution in [-0.2, 0) is 0 Å². The van der Waals surface area contributed by atoms with Gasteiger partial charge in [0.15, 0.2) is 0 Å². The highest BCUT2D eigenvalue weighted by Gasteiger charge is 2.24. The van der Waals surface area contributed by atoms with Gasteiger partial charge in [0.25, 0.3) is 0 Å². The van der Waals surface area contributed by atoms with Gasteiger partial charge in [0.2, 0.25) is 0 Å². The van der Waals surface area contributed by atoms with Crippen molar-refractivity contribution in [1.29, 1.82) is 0 Å². The number of likely N-dealkylation sites (tertiary alicyclic amines) is 1. The molecule has 19 heavy (non-hydrogen) atoms. The van der Waals surface area contributed by atoms with Gasteiger partial charge >= 0.3 is 0 Å². The maximum atomic E-state index is 13.3. The van der Waals surface area contributed by atoms with Gasteiger partial charge in [0, 0.05) is 23.7 Å². The quantitative estimate of drug-likeness (QED) is 0.883. The second-order valence-corrected chi connectivity index (χ2v) is 5.64. The SMILES string of the molecule is CC(NC1CCN(C)C(C)C1)c1cc(F)ccc1O. The molecule has 1 saturated heterocycles. The Balaban J connectivity index is 2.01. The maximum absolute atomic E-state index is 13.3. The Hall–Kier alpha value is -1.13. The van der Waals surface area contributed by atoms with Crippen molar-refractivity contribution in [3.05, 3.63) is 29.6 Å². The van der Waals surface area contributed by atoms with Crippen molar-refractivity contribution in [3.8, 4) is 5.75 Å². The van der Waals surface area contributed by atoms with E-state index in [1.165, 1.54) is 18.2 Å². The summed E-state index contributed by atoms with van der Waals surface area (Å²) in [7, 11) is 2.14. The van der Waals surface area contributed by atoms with Crippen LogP contribution in [0.3, 0.4) is 0 Å². The molecule has 3 unspecified atom stereocenters. The molecular weight excluding hydrogens is 243 g/mol. The lowest BCUT2D eigenvalue weighted by Crippen LogP contribution is -2.46. The summed E-state index contributed by atoms with van der Waals surface area (Å²) in [6.07, 6.45) is 2.16. The Labute approximate surface area is 114 Å². The third-order valence-corrected chi connectivity index (χ3v) is 4.15. The van der Waals surface area contributed by atoms with Crippen molar-refractivity contribution >= 4 is 0 Å². The zero-order chi connectivity index (χ0) is 14.0. The second kappa shape index (κ2) is 5.88. The Morgan fingerprint density at radius 1 is 1.47 bits per heavy atom. The van der Waals surface area contributed by atoms with Crippen LogP contribution in [0.4, 0.5) is 4.39 Å². The molecule has 106 valence electrons. The molecule has 1 fully saturated rings. The van der Waals surface area contributed by atoms with Crippen LogP contribution in [0.1, 0.15) is 38.3 Å². The first-order chi connectivity index (χ1) is 8.97. The van der Waals surface area contributed by atoms with Crippen LogP contribution < -0.4 is 5.32 Å². The largest absolute Gasteiger partial charge is 0.508 e. The molecule has 0 amide bonds. The van der Waals surface area contributed by atoms with E-state index in [1.54, 1.807) is 0 Å². The summed E-state index contributed by atoms with van der Waals surface area (Å²) in [4.78, 5) is 2.35. The fourth-order valence-electron chi connectivity index (χ4n) is 2.76. The molecule has 4 heteroatoms. The summed E-state index contributed by atoms with van der Waals surface area (Å²) in [6.45, 7) is 5.26. The monoisotopic (exact) mass is 266 g/mol. The lowest BCUT2D eigenvalue weighted by molar-refractivity contribution is 0.163. The van der Waals surface area contributed by atoms with Crippen LogP contribution in [-0.4, -0.2) is 35.7 Å². The van der Waals surface area contributed by atoms with E-state index in [0.717, 1.165) is 19.4 Å². The van der Waals surface area contributed by atoms with Crippen LogP contribution in [0.5, 0.6) is 5.75 Å². The molecule has 1 aromatic carbocycles. The molecular formula is C15H23FN2O. The van der Waals surface area contributed by atoms with Crippen molar-refractivity contribution in [1.82, 2.24) is 10.2 Å². The number of hydrogen-bond donors (Lipinski definition) is 2. The minimum absolute atomic E-state index is 0.0451. The molecule has 0 spiro atoms. The third kappa shape index (κ3) is 3.45. The smallest absolute Gasteiger partial charge is 0.123 e. The number of phenols is 1. The Kier molecular flexibility index (Phi) is 4.42. The van der Waals surface area contributed by atoms with Gasteiger partial charge in [-0.3, -0.25) is 0 Å². The van der Waals surface area contributed by atoms with Gasteiger partial charge in [-0.05, 0) is 58.5 Å². The van der Waals surface area contributed by atoms with Crippen LogP contribution in [0.2, 0.25) is 0 Å². The number of nitrogens with zero attached hydrogens (tertiary/aromatic N) is 1. The zero-order valence-corrected chi connectivity index (χ0v) is 11.9. The summed E-state index contributed by atoms with van der Waals surface area (Å²) in [6, 6.07) is 5.04. The van der Waals surface area contributed by atoms with E-state index in [1.807, 2.05) is 6.92 Å². The number of nitrogens with one attached hydrogen (secondary N) is 1. The number of halogens is 1. The molecule has 0 aromatic heterocycles. The Bertz CT molecular complexity index is 438. The molecule has 0 saturated carbocycles. The van der Waals surface area contributed by atoms with Crippen molar-refractivity contribution in [2.45, 2.75) is 44.8 Å². The molecule has 1 aromatic rings. The molecule has 0 aliphatic carbocycles. The number of benzene rings is 1. The standard InChI is InChI=1S/C15H23FN2O/c1-10-8-13(6-7-18(10)3)17-11(2)14-9-12(16)4-5-15(14)19/h4-5,9-11,13,17,19H,6-8H2,1-3H3. The predicted octanol–water partition coefficient (Wildman–Crippen LogP) is 2.66. The summed E-state index contributed by atoms with van der Waals surface area (Å²) < 4.78 is 13.3. The predicted molar refractivity (Wildman–Crippen MR) is 74.7 cm³/mol. The first kappa shape index (κ1) is 14.3. The molecule has 1 aliphatic heterocycles. The minimum atomic E-state index is -0.307. The van der Waals surface area contributed by atoms with Gasteiger partial charge in [-0.15, -0.1) is 0 Å². The van der Waals surface area contributed by atoms with Gasteiger partial charge in [0.1, 0.15) is 11.6 Å². The van der Waals surface area contributed by atoms with E-state index in [0.29, 0.717) is 17.6 Å². The zero-order valence-electron chi connectivity index (χ0n) is 11.9. The Morgan fingerprint density at radius 2 is 2.21 bits per heavy atom. The lowest BCUT2D eigenvalue weighted by Gasteiger charge is -2.36. The van der Waals surface area contributed by atoms with E-state index in [-0.39, 0.29) is 17.6 Å². The highest BCUT2D eigenvalue weighted by Crippen LogP contribution is 2.26. The number of piperidine rings is 1. The molecule has 3 nitrogen and oxygen atoms in total. The van der Waals surface area contributed by atoms with Crippen LogP contribution in [0.25, 0.3) is 0 Å². The van der Waals surface area contributed by atoms with Gasteiger partial charge in [-0.1, -0.05) is 0 Å². The van der Waals surface area contributed by atoms with E-state index in [2.05, 4.69) is 24.2 Å². The van der Waals surface area contributed by atoms with Gasteiger partial charge in [0.05, 0.1) is 0 Å². The van der Waals surface area contributed by atoms with Crippen molar-refractivity contribution < 1.29 is 9.50 Å². The van der Waals surface area contributed by atoms with E-state index in [9.17, 15) is 9.50 Å². The molecule has 1 heterocycles. The summed E-state index contributed by atoms with van der Waals surface area (Å²) in [5.74, 6) is -0.152. The molecule has 0 radical (unpaired) electrons. The average Bonchev–Trinajstić information content (AvgIpc) is 2.36. The van der Waals surface area contributed by atoms with Crippen LogP contribution in [0.15, 0.2) is 18.2 Å². The van der Waals surface area contributed by atoms with E-state index in [4.69, 9.17) is 0 Å². The summed E-state index contributed by atoms with van der Waals surface area (Å²) in [5.41, 5.74) is 0.631. The third-order valence-electron chi connectivity index (χ3n) is 4.15. The van der Waals surface area contributed by atoms with E-state index >= 15 is 0 Å². The highest BCUT2D eigenvalue weighted by molar-refractivity contribution is 5.34. The minimum Gasteiger partial charge on any atom is -0.508 e. The number of hydrogen-bond acceptors (Lipinski definition) is 3. The normalized spacial score (nSPS) is 26.3. The maximum Gasteiger partial charge on any atom is 0.123 e. The first-order valence-corrected chi connectivity index (χ1v) is 6.92. The molecule has 2 N–H and O–H groups in total. The van der Waals surface area contributed by atoms with Gasteiger partial charge in [-0.2, -0.15) is 0 Å².